The second kappa shape index (κ2) is 10.9. The van der Waals surface area contributed by atoms with Crippen molar-refractivity contribution in [2.45, 2.75) is 72.4 Å². The van der Waals surface area contributed by atoms with Gasteiger partial charge in [0.15, 0.2) is 0 Å². The Labute approximate surface area is 232 Å². The zero-order valence-corrected chi connectivity index (χ0v) is 24.1. The van der Waals surface area contributed by atoms with Gasteiger partial charge in [0.25, 0.3) is 11.6 Å². The number of carbonyl (C=O) groups excluding carboxylic acids is 2. The Morgan fingerprint density at radius 2 is 1.92 bits per heavy atom. The fraction of sp³-hybridized carbons (Fsp3) is 0.483. The summed E-state index contributed by atoms with van der Waals surface area (Å²) < 4.78 is 5.32. The van der Waals surface area contributed by atoms with Crippen LogP contribution in [0.2, 0.25) is 0 Å². The normalized spacial score (nSPS) is 16.3. The van der Waals surface area contributed by atoms with Gasteiger partial charge in [0.2, 0.25) is 0 Å². The highest BCUT2D eigenvalue weighted by atomic mass is 32.1. The topological polar surface area (TPSA) is 123 Å². The molecule has 2 N–H and O–H groups in total. The molecule has 0 aliphatic heterocycles. The summed E-state index contributed by atoms with van der Waals surface area (Å²) in [7, 11) is 0. The number of hydrogen-bond acceptors (Lipinski definition) is 7. The quantitative estimate of drug-likeness (QED) is 0.271. The van der Waals surface area contributed by atoms with E-state index in [0.717, 1.165) is 35.2 Å². The van der Waals surface area contributed by atoms with Crippen LogP contribution in [-0.2, 0) is 17.6 Å². The first kappa shape index (κ1) is 28.5. The SMILES string of the molecule is CC(C)(C)OC(=O)NC[C@@H](NC(=O)c1cc2cc3c(nc2s1)CCC(C(C)(C)C)C3)c1cccc([N+](=O)[O-])c1. The maximum Gasteiger partial charge on any atom is 0.407 e. The van der Waals surface area contributed by atoms with E-state index in [2.05, 4.69) is 37.5 Å². The molecule has 0 saturated heterocycles. The van der Waals surface area contributed by atoms with Crippen LogP contribution in [0.1, 0.15) is 80.5 Å². The molecule has 39 heavy (non-hydrogen) atoms. The standard InChI is InChI=1S/C29H36N4O5S/c1-28(2,3)20-10-11-22-18(13-20)12-19-15-24(39-26(19)32-22)25(34)31-23(16-30-27(35)38-29(4,5)6)17-8-7-9-21(14-17)33(36)37/h7-9,12,14-15,20,23H,10-11,13,16H2,1-6H3,(H,30,35)(H,31,34)/t20?,23-/m1/s1. The fourth-order valence-electron chi connectivity index (χ4n) is 4.81. The second-order valence-electron chi connectivity index (χ2n) is 12.2. The van der Waals surface area contributed by atoms with Gasteiger partial charge in [-0.15, -0.1) is 11.3 Å². The molecular weight excluding hydrogens is 516 g/mol. The molecule has 208 valence electrons. The summed E-state index contributed by atoms with van der Waals surface area (Å²) in [5, 5.41) is 17.9. The Balaban J connectivity index is 1.57. The van der Waals surface area contributed by atoms with Crippen LogP contribution in [0.25, 0.3) is 10.2 Å². The lowest BCUT2D eigenvalue weighted by Crippen LogP contribution is -2.40. The molecule has 1 unspecified atom stereocenters. The van der Waals surface area contributed by atoms with Gasteiger partial charge in [0.1, 0.15) is 10.4 Å². The number of nitro groups is 1. The molecule has 1 aliphatic carbocycles. The minimum atomic E-state index is -0.719. The molecule has 2 atom stereocenters. The van der Waals surface area contributed by atoms with Crippen molar-refractivity contribution < 1.29 is 19.2 Å². The number of nitro benzene ring substituents is 1. The van der Waals surface area contributed by atoms with E-state index in [1.54, 1.807) is 32.9 Å². The molecule has 10 heteroatoms. The molecular formula is C29H36N4O5S. The minimum absolute atomic E-state index is 0.00649. The average molecular weight is 553 g/mol. The van der Waals surface area contributed by atoms with E-state index in [1.165, 1.54) is 29.0 Å². The van der Waals surface area contributed by atoms with E-state index in [9.17, 15) is 19.7 Å². The van der Waals surface area contributed by atoms with E-state index >= 15 is 0 Å². The zero-order valence-electron chi connectivity index (χ0n) is 23.3. The third-order valence-electron chi connectivity index (χ3n) is 6.96. The van der Waals surface area contributed by atoms with Crippen LogP contribution in [0, 0.1) is 21.4 Å². The monoisotopic (exact) mass is 552 g/mol. The van der Waals surface area contributed by atoms with Gasteiger partial charge in [-0.25, -0.2) is 9.78 Å². The summed E-state index contributed by atoms with van der Waals surface area (Å²) >= 11 is 1.32. The third-order valence-corrected chi connectivity index (χ3v) is 8.00. The molecule has 0 spiro atoms. The molecule has 1 aliphatic rings. The average Bonchev–Trinajstić information content (AvgIpc) is 3.26. The van der Waals surface area contributed by atoms with E-state index in [0.29, 0.717) is 16.4 Å². The van der Waals surface area contributed by atoms with Crippen molar-refractivity contribution in [2.24, 2.45) is 11.3 Å². The molecule has 0 bridgehead atoms. The van der Waals surface area contributed by atoms with E-state index < -0.39 is 22.7 Å². The molecule has 0 fully saturated rings. The van der Waals surface area contributed by atoms with Gasteiger partial charge in [0, 0.05) is 29.8 Å². The Morgan fingerprint density at radius 1 is 1.18 bits per heavy atom. The number of amides is 2. The first-order chi connectivity index (χ1) is 18.2. The summed E-state index contributed by atoms with van der Waals surface area (Å²) in [6, 6.07) is 9.30. The van der Waals surface area contributed by atoms with Crippen LogP contribution in [0.15, 0.2) is 36.4 Å². The van der Waals surface area contributed by atoms with Crippen molar-refractivity contribution in [3.05, 3.63) is 68.2 Å². The number of aromatic nitrogens is 1. The van der Waals surface area contributed by atoms with Crippen molar-refractivity contribution in [1.82, 2.24) is 15.6 Å². The number of alkyl carbamates (subject to hydrolysis) is 1. The van der Waals surface area contributed by atoms with Gasteiger partial charge < -0.3 is 15.4 Å². The lowest BCUT2D eigenvalue weighted by atomic mass is 9.71. The Morgan fingerprint density at radius 3 is 2.59 bits per heavy atom. The van der Waals surface area contributed by atoms with Gasteiger partial charge in [-0.1, -0.05) is 32.9 Å². The van der Waals surface area contributed by atoms with Crippen LogP contribution in [0.3, 0.4) is 0 Å². The summed E-state index contributed by atoms with van der Waals surface area (Å²) in [4.78, 5) is 42.7. The van der Waals surface area contributed by atoms with Crippen molar-refractivity contribution in [3.63, 3.8) is 0 Å². The summed E-state index contributed by atoms with van der Waals surface area (Å²) in [6.45, 7) is 12.1. The number of hydrogen-bond donors (Lipinski definition) is 2. The number of aryl methyl sites for hydroxylation is 1. The predicted molar refractivity (Wildman–Crippen MR) is 152 cm³/mol. The van der Waals surface area contributed by atoms with Crippen molar-refractivity contribution in [3.8, 4) is 0 Å². The lowest BCUT2D eigenvalue weighted by Gasteiger charge is -2.34. The van der Waals surface area contributed by atoms with Crippen molar-refractivity contribution >= 4 is 39.2 Å². The Bertz CT molecular complexity index is 1400. The number of rotatable bonds is 6. The van der Waals surface area contributed by atoms with E-state index in [4.69, 9.17) is 9.72 Å². The second-order valence-corrected chi connectivity index (χ2v) is 13.2. The first-order valence-corrected chi connectivity index (χ1v) is 14.0. The number of non-ortho nitro benzene ring substituents is 1. The highest BCUT2D eigenvalue weighted by Gasteiger charge is 2.30. The number of ether oxygens (including phenoxy) is 1. The molecule has 0 radical (unpaired) electrons. The summed E-state index contributed by atoms with van der Waals surface area (Å²) in [6.07, 6.45) is 2.36. The maximum absolute atomic E-state index is 13.4. The smallest absolute Gasteiger partial charge is 0.407 e. The molecule has 4 rings (SSSR count). The number of carbonyl (C=O) groups is 2. The van der Waals surface area contributed by atoms with Gasteiger partial charge in [0.05, 0.1) is 15.8 Å². The highest BCUT2D eigenvalue weighted by molar-refractivity contribution is 7.20. The number of thiophene rings is 1. The van der Waals surface area contributed by atoms with Gasteiger partial charge in [-0.3, -0.25) is 14.9 Å². The van der Waals surface area contributed by atoms with Crippen LogP contribution in [0.4, 0.5) is 10.5 Å². The summed E-state index contributed by atoms with van der Waals surface area (Å²) in [5.74, 6) is 0.241. The molecule has 9 nitrogen and oxygen atoms in total. The Hall–Kier alpha value is -3.53. The molecule has 2 heterocycles. The highest BCUT2D eigenvalue weighted by Crippen LogP contribution is 2.38. The largest absolute Gasteiger partial charge is 0.444 e. The van der Waals surface area contributed by atoms with E-state index in [1.807, 2.05) is 6.07 Å². The number of nitrogens with one attached hydrogen (secondary N) is 2. The molecule has 2 aromatic heterocycles. The minimum Gasteiger partial charge on any atom is -0.444 e. The fourth-order valence-corrected chi connectivity index (χ4v) is 5.75. The number of pyridine rings is 1. The van der Waals surface area contributed by atoms with Gasteiger partial charge in [-0.2, -0.15) is 0 Å². The first-order valence-electron chi connectivity index (χ1n) is 13.1. The third kappa shape index (κ3) is 7.11. The van der Waals surface area contributed by atoms with Gasteiger partial charge in [-0.05, 0) is 74.6 Å². The van der Waals surface area contributed by atoms with Crippen LogP contribution in [-0.4, -0.2) is 34.1 Å². The molecule has 1 aromatic carbocycles. The van der Waals surface area contributed by atoms with Crippen LogP contribution >= 0.6 is 11.3 Å². The van der Waals surface area contributed by atoms with E-state index in [-0.39, 0.29) is 23.6 Å². The molecule has 0 saturated carbocycles. The Kier molecular flexibility index (Phi) is 7.97. The molecule has 2 amide bonds. The maximum atomic E-state index is 13.4. The van der Waals surface area contributed by atoms with Crippen LogP contribution < -0.4 is 10.6 Å². The summed E-state index contributed by atoms with van der Waals surface area (Å²) in [5.41, 5.74) is 2.28. The zero-order chi connectivity index (χ0) is 28.5. The van der Waals surface area contributed by atoms with Crippen molar-refractivity contribution in [2.75, 3.05) is 6.54 Å². The number of benzene rings is 1. The lowest BCUT2D eigenvalue weighted by molar-refractivity contribution is -0.384. The molecule has 3 aromatic rings. The number of nitrogens with zero attached hydrogens (tertiary/aromatic N) is 2. The number of fused-ring (bicyclic) bond motifs is 2. The van der Waals surface area contributed by atoms with Crippen LogP contribution in [0.5, 0.6) is 0 Å². The van der Waals surface area contributed by atoms with Gasteiger partial charge >= 0.3 is 6.09 Å². The predicted octanol–water partition coefficient (Wildman–Crippen LogP) is 6.35. The van der Waals surface area contributed by atoms with Crippen molar-refractivity contribution in [1.29, 1.82) is 0 Å².